The second-order valence-electron chi connectivity index (χ2n) is 7.38. The summed E-state index contributed by atoms with van der Waals surface area (Å²) in [5.74, 6) is 1.76. The van der Waals surface area contributed by atoms with Gasteiger partial charge in [0.2, 0.25) is 0 Å². The summed E-state index contributed by atoms with van der Waals surface area (Å²) >= 11 is 0. The third-order valence-corrected chi connectivity index (χ3v) is 5.09. The zero-order valence-electron chi connectivity index (χ0n) is 18.8. The van der Waals surface area contributed by atoms with Crippen molar-refractivity contribution >= 4 is 22.6 Å². The van der Waals surface area contributed by atoms with Crippen LogP contribution in [-0.2, 0) is 4.74 Å². The normalized spacial score (nSPS) is 11.4. The Morgan fingerprint density at radius 2 is 1.67 bits per heavy atom. The van der Waals surface area contributed by atoms with Gasteiger partial charge in [0, 0.05) is 17.0 Å². The van der Waals surface area contributed by atoms with E-state index < -0.39 is 0 Å². The first-order valence-corrected chi connectivity index (χ1v) is 10.7. The van der Waals surface area contributed by atoms with Crippen molar-refractivity contribution < 1.29 is 23.4 Å². The molecule has 0 N–H and O–H groups in total. The summed E-state index contributed by atoms with van der Waals surface area (Å²) in [6.07, 6.45) is 0.769. The Morgan fingerprint density at radius 1 is 0.909 bits per heavy atom. The SMILES string of the molecule is CCCOC(=O)c1cccc(N=c2cc(-c3ccc(OC)cc3)oc3ccc(OC)cc23)c1. The van der Waals surface area contributed by atoms with Gasteiger partial charge in [-0.25, -0.2) is 9.79 Å². The zero-order chi connectivity index (χ0) is 23.2. The molecule has 0 aliphatic heterocycles. The van der Waals surface area contributed by atoms with E-state index in [-0.39, 0.29) is 5.97 Å². The molecule has 0 bridgehead atoms. The molecular formula is C27H25NO5. The lowest BCUT2D eigenvalue weighted by atomic mass is 10.1. The van der Waals surface area contributed by atoms with Gasteiger partial charge in [-0.15, -0.1) is 0 Å². The molecule has 0 amide bonds. The standard InChI is InChI=1S/C27H25NO5/c1-4-14-32-27(29)19-6-5-7-20(15-19)28-24-17-26(18-8-10-21(30-2)11-9-18)33-25-13-12-22(31-3)16-23(24)25/h5-13,15-17H,4,14H2,1-3H3. The monoisotopic (exact) mass is 443 g/mol. The number of carbonyl (C=O) groups is 1. The number of rotatable bonds is 7. The van der Waals surface area contributed by atoms with Crippen LogP contribution in [0.3, 0.4) is 0 Å². The number of hydrogen-bond donors (Lipinski definition) is 0. The summed E-state index contributed by atoms with van der Waals surface area (Å²) in [7, 11) is 3.25. The van der Waals surface area contributed by atoms with Crippen LogP contribution >= 0.6 is 0 Å². The fourth-order valence-electron chi connectivity index (χ4n) is 3.38. The van der Waals surface area contributed by atoms with Crippen LogP contribution in [-0.4, -0.2) is 26.8 Å². The van der Waals surface area contributed by atoms with Crippen molar-refractivity contribution in [2.75, 3.05) is 20.8 Å². The van der Waals surface area contributed by atoms with Gasteiger partial charge in [-0.1, -0.05) is 13.0 Å². The van der Waals surface area contributed by atoms with Gasteiger partial charge in [-0.2, -0.15) is 0 Å². The fraction of sp³-hybridized carbons (Fsp3) is 0.185. The molecule has 0 aliphatic rings. The Bertz CT molecular complexity index is 1340. The van der Waals surface area contributed by atoms with Gasteiger partial charge in [0.15, 0.2) is 0 Å². The summed E-state index contributed by atoms with van der Waals surface area (Å²) in [4.78, 5) is 17.1. The van der Waals surface area contributed by atoms with Crippen molar-refractivity contribution in [2.24, 2.45) is 4.99 Å². The van der Waals surface area contributed by atoms with E-state index in [0.717, 1.165) is 23.1 Å². The molecule has 1 heterocycles. The first-order chi connectivity index (χ1) is 16.1. The van der Waals surface area contributed by atoms with Gasteiger partial charge in [-0.05, 0) is 67.1 Å². The van der Waals surface area contributed by atoms with Crippen LogP contribution in [0.4, 0.5) is 5.69 Å². The van der Waals surface area contributed by atoms with Crippen LogP contribution in [0, 0.1) is 0 Å². The molecule has 6 nitrogen and oxygen atoms in total. The number of fused-ring (bicyclic) bond motifs is 1. The van der Waals surface area contributed by atoms with Gasteiger partial charge < -0.3 is 18.6 Å². The van der Waals surface area contributed by atoms with Crippen molar-refractivity contribution in [2.45, 2.75) is 13.3 Å². The van der Waals surface area contributed by atoms with Crippen LogP contribution in [0.1, 0.15) is 23.7 Å². The predicted molar refractivity (Wildman–Crippen MR) is 127 cm³/mol. The van der Waals surface area contributed by atoms with Crippen LogP contribution in [0.15, 0.2) is 82.2 Å². The highest BCUT2D eigenvalue weighted by Gasteiger charge is 2.10. The number of ether oxygens (including phenoxy) is 3. The van der Waals surface area contributed by atoms with Gasteiger partial charge in [0.05, 0.1) is 37.4 Å². The summed E-state index contributed by atoms with van der Waals surface area (Å²) in [6, 6.07) is 22.2. The third-order valence-electron chi connectivity index (χ3n) is 5.09. The van der Waals surface area contributed by atoms with Crippen LogP contribution in [0.25, 0.3) is 22.3 Å². The molecule has 3 aromatic carbocycles. The van der Waals surface area contributed by atoms with Crippen LogP contribution < -0.4 is 14.8 Å². The fourth-order valence-corrected chi connectivity index (χ4v) is 3.38. The number of nitrogens with zero attached hydrogens (tertiary/aromatic N) is 1. The minimum absolute atomic E-state index is 0.359. The lowest BCUT2D eigenvalue weighted by Crippen LogP contribution is -2.06. The smallest absolute Gasteiger partial charge is 0.338 e. The highest BCUT2D eigenvalue weighted by atomic mass is 16.5. The molecule has 1 aromatic heterocycles. The van der Waals surface area contributed by atoms with Crippen molar-refractivity contribution in [3.8, 4) is 22.8 Å². The Hall–Kier alpha value is -4.06. The molecule has 0 unspecified atom stereocenters. The molecule has 0 saturated carbocycles. The molecule has 0 saturated heterocycles. The molecule has 6 heteroatoms. The van der Waals surface area contributed by atoms with E-state index >= 15 is 0 Å². The minimum atomic E-state index is -0.359. The van der Waals surface area contributed by atoms with Gasteiger partial charge in [0.1, 0.15) is 22.8 Å². The Kier molecular flexibility index (Phi) is 6.74. The first kappa shape index (κ1) is 22.1. The van der Waals surface area contributed by atoms with Crippen LogP contribution in [0.2, 0.25) is 0 Å². The maximum Gasteiger partial charge on any atom is 0.338 e. The van der Waals surface area contributed by atoms with Gasteiger partial charge in [-0.3, -0.25) is 0 Å². The van der Waals surface area contributed by atoms with Crippen molar-refractivity contribution in [1.82, 2.24) is 0 Å². The average molecular weight is 443 g/mol. The Morgan fingerprint density at radius 3 is 2.39 bits per heavy atom. The number of hydrogen-bond acceptors (Lipinski definition) is 6. The maximum atomic E-state index is 12.3. The van der Waals surface area contributed by atoms with E-state index in [9.17, 15) is 4.79 Å². The second kappa shape index (κ2) is 10.0. The van der Waals surface area contributed by atoms with E-state index in [1.54, 1.807) is 32.4 Å². The quantitative estimate of drug-likeness (QED) is 0.332. The summed E-state index contributed by atoms with van der Waals surface area (Å²) in [5, 5.41) is 1.49. The number of carbonyl (C=O) groups excluding carboxylic acids is 1. The summed E-state index contributed by atoms with van der Waals surface area (Å²) in [5.41, 5.74) is 2.66. The topological polar surface area (TPSA) is 70.3 Å². The van der Waals surface area contributed by atoms with E-state index in [4.69, 9.17) is 23.6 Å². The highest BCUT2D eigenvalue weighted by Crippen LogP contribution is 2.27. The molecule has 0 spiro atoms. The molecule has 0 atom stereocenters. The number of methoxy groups -OCH3 is 2. The maximum absolute atomic E-state index is 12.3. The van der Waals surface area contributed by atoms with Gasteiger partial charge >= 0.3 is 5.97 Å². The van der Waals surface area contributed by atoms with Crippen molar-refractivity contribution in [1.29, 1.82) is 0 Å². The summed E-state index contributed by atoms with van der Waals surface area (Å²) < 4.78 is 22.1. The third kappa shape index (κ3) is 5.06. The second-order valence-corrected chi connectivity index (χ2v) is 7.38. The van der Waals surface area contributed by atoms with Crippen molar-refractivity contribution in [3.05, 3.63) is 83.7 Å². The van der Waals surface area contributed by atoms with Gasteiger partial charge in [0.25, 0.3) is 0 Å². The first-order valence-electron chi connectivity index (χ1n) is 10.7. The van der Waals surface area contributed by atoms with Crippen molar-refractivity contribution in [3.63, 3.8) is 0 Å². The molecule has 33 heavy (non-hydrogen) atoms. The summed E-state index contributed by atoms with van der Waals surface area (Å²) in [6.45, 7) is 2.34. The molecule has 4 rings (SSSR count). The van der Waals surface area contributed by atoms with E-state index in [2.05, 4.69) is 0 Å². The highest BCUT2D eigenvalue weighted by molar-refractivity contribution is 5.90. The lowest BCUT2D eigenvalue weighted by Gasteiger charge is -2.08. The molecular weight excluding hydrogens is 418 g/mol. The van der Waals surface area contributed by atoms with E-state index in [1.165, 1.54) is 0 Å². The largest absolute Gasteiger partial charge is 0.497 e. The Labute approximate surface area is 192 Å². The molecule has 0 radical (unpaired) electrons. The zero-order valence-corrected chi connectivity index (χ0v) is 18.8. The average Bonchev–Trinajstić information content (AvgIpc) is 2.87. The molecule has 4 aromatic rings. The van der Waals surface area contributed by atoms with Crippen LogP contribution in [0.5, 0.6) is 11.5 Å². The predicted octanol–water partition coefficient (Wildman–Crippen LogP) is 5.92. The molecule has 168 valence electrons. The van der Waals surface area contributed by atoms with E-state index in [0.29, 0.717) is 40.3 Å². The Balaban J connectivity index is 1.85. The molecule has 0 fully saturated rings. The lowest BCUT2D eigenvalue weighted by molar-refractivity contribution is 0.0505. The number of benzene rings is 3. The molecule has 0 aliphatic carbocycles. The van der Waals surface area contributed by atoms with E-state index in [1.807, 2.05) is 61.5 Å². The number of esters is 1. The minimum Gasteiger partial charge on any atom is -0.497 e.